The summed E-state index contributed by atoms with van der Waals surface area (Å²) in [5.41, 5.74) is 11.9. The first-order valence-electron chi connectivity index (χ1n) is 5.29. The predicted octanol–water partition coefficient (Wildman–Crippen LogP) is 2.33. The van der Waals surface area contributed by atoms with Gasteiger partial charge in [0, 0.05) is 0 Å². The van der Waals surface area contributed by atoms with Crippen LogP contribution in [0.2, 0.25) is 0 Å². The normalized spacial score (nSPS) is 24.1. The molecule has 0 saturated heterocycles. The lowest BCUT2D eigenvalue weighted by molar-refractivity contribution is 0.531. The molecule has 1 saturated carbocycles. The third-order valence-corrected chi connectivity index (χ3v) is 2.77. The maximum atomic E-state index is 5.36. The second-order valence-electron chi connectivity index (χ2n) is 4.36. The van der Waals surface area contributed by atoms with Crippen molar-refractivity contribution in [1.29, 1.82) is 0 Å². The van der Waals surface area contributed by atoms with Crippen LogP contribution in [0.1, 0.15) is 40.0 Å². The first-order valence-corrected chi connectivity index (χ1v) is 5.70. The molecular formula is C11H19N3S. The van der Waals surface area contributed by atoms with Gasteiger partial charge < -0.3 is 5.73 Å². The molecule has 0 unspecified atom stereocenters. The van der Waals surface area contributed by atoms with Crippen molar-refractivity contribution in [3.05, 3.63) is 11.1 Å². The van der Waals surface area contributed by atoms with E-state index >= 15 is 0 Å². The Kier molecular flexibility index (Phi) is 4.27. The SMILES string of the molecule is CC(C)=C1CC[C@H](C)C/C1=N/NC(N)=S. The molecule has 0 radical (unpaired) electrons. The van der Waals surface area contributed by atoms with Gasteiger partial charge in [-0.05, 0) is 56.8 Å². The number of nitrogens with zero attached hydrogens (tertiary/aromatic N) is 1. The van der Waals surface area contributed by atoms with E-state index in [1.807, 2.05) is 0 Å². The molecule has 0 aromatic heterocycles. The Morgan fingerprint density at radius 3 is 2.73 bits per heavy atom. The highest BCUT2D eigenvalue weighted by Crippen LogP contribution is 2.27. The smallest absolute Gasteiger partial charge is 0.184 e. The molecule has 0 amide bonds. The Morgan fingerprint density at radius 2 is 2.20 bits per heavy atom. The van der Waals surface area contributed by atoms with Crippen LogP contribution in [-0.4, -0.2) is 10.8 Å². The first kappa shape index (κ1) is 12.2. The van der Waals surface area contributed by atoms with Gasteiger partial charge >= 0.3 is 0 Å². The zero-order chi connectivity index (χ0) is 11.4. The minimum atomic E-state index is 0.230. The van der Waals surface area contributed by atoms with Crippen LogP contribution in [0.3, 0.4) is 0 Å². The number of hydrazone groups is 1. The number of nitrogens with one attached hydrogen (secondary N) is 1. The molecule has 0 aromatic carbocycles. The van der Waals surface area contributed by atoms with Crippen LogP contribution in [0.4, 0.5) is 0 Å². The Morgan fingerprint density at radius 1 is 1.53 bits per heavy atom. The van der Waals surface area contributed by atoms with E-state index in [0.29, 0.717) is 5.92 Å². The van der Waals surface area contributed by atoms with E-state index in [0.717, 1.165) is 18.6 Å². The third-order valence-electron chi connectivity index (χ3n) is 2.68. The van der Waals surface area contributed by atoms with E-state index in [4.69, 9.17) is 18.0 Å². The topological polar surface area (TPSA) is 50.4 Å². The van der Waals surface area contributed by atoms with Gasteiger partial charge in [-0.2, -0.15) is 5.10 Å². The molecule has 84 valence electrons. The van der Waals surface area contributed by atoms with Gasteiger partial charge in [0.05, 0.1) is 5.71 Å². The molecule has 3 nitrogen and oxygen atoms in total. The number of nitrogens with two attached hydrogens (primary N) is 1. The molecule has 15 heavy (non-hydrogen) atoms. The molecule has 4 heteroatoms. The van der Waals surface area contributed by atoms with Crippen LogP contribution in [0, 0.1) is 5.92 Å². The van der Waals surface area contributed by atoms with E-state index in [2.05, 4.69) is 31.3 Å². The zero-order valence-electron chi connectivity index (χ0n) is 9.63. The number of hydrogen-bond donors (Lipinski definition) is 2. The second-order valence-corrected chi connectivity index (χ2v) is 4.80. The van der Waals surface area contributed by atoms with E-state index in [1.54, 1.807) is 0 Å². The van der Waals surface area contributed by atoms with Gasteiger partial charge in [0.15, 0.2) is 5.11 Å². The van der Waals surface area contributed by atoms with Crippen molar-refractivity contribution in [3.8, 4) is 0 Å². The summed E-state index contributed by atoms with van der Waals surface area (Å²) >= 11 is 4.74. The van der Waals surface area contributed by atoms with Crippen molar-refractivity contribution >= 4 is 23.0 Å². The highest BCUT2D eigenvalue weighted by molar-refractivity contribution is 7.80. The number of hydrogen-bond acceptors (Lipinski definition) is 2. The van der Waals surface area contributed by atoms with Crippen LogP contribution in [0.15, 0.2) is 16.2 Å². The van der Waals surface area contributed by atoms with Gasteiger partial charge in [0.25, 0.3) is 0 Å². The highest BCUT2D eigenvalue weighted by Gasteiger charge is 2.19. The standard InChI is InChI=1S/C11H19N3S/c1-7(2)9-5-4-8(3)6-10(9)13-14-11(12)15/h8H,4-6H2,1-3H3,(H3,12,14,15)/b13-10-/t8-/m0/s1. The minimum Gasteiger partial charge on any atom is -0.375 e. The average Bonchev–Trinajstić information content (AvgIpc) is 2.14. The maximum absolute atomic E-state index is 5.36. The molecule has 0 heterocycles. The van der Waals surface area contributed by atoms with Gasteiger partial charge in [-0.25, -0.2) is 0 Å². The van der Waals surface area contributed by atoms with Crippen LogP contribution >= 0.6 is 12.2 Å². The summed E-state index contributed by atoms with van der Waals surface area (Å²) in [6.45, 7) is 6.50. The molecule has 1 aliphatic carbocycles. The van der Waals surface area contributed by atoms with Crippen molar-refractivity contribution in [2.24, 2.45) is 16.8 Å². The van der Waals surface area contributed by atoms with Gasteiger partial charge in [-0.3, -0.25) is 5.43 Å². The van der Waals surface area contributed by atoms with Crippen molar-refractivity contribution in [1.82, 2.24) is 5.43 Å². The molecule has 3 N–H and O–H groups in total. The molecule has 0 aromatic rings. The van der Waals surface area contributed by atoms with Crippen molar-refractivity contribution < 1.29 is 0 Å². The molecule has 1 atom stereocenters. The summed E-state index contributed by atoms with van der Waals surface area (Å²) < 4.78 is 0. The molecule has 1 aliphatic rings. The lowest BCUT2D eigenvalue weighted by Gasteiger charge is -2.23. The summed E-state index contributed by atoms with van der Waals surface area (Å²) in [5.74, 6) is 0.694. The van der Waals surface area contributed by atoms with Crippen molar-refractivity contribution in [3.63, 3.8) is 0 Å². The summed E-state index contributed by atoms with van der Waals surface area (Å²) in [5, 5.41) is 4.51. The Bertz CT molecular complexity index is 314. The lowest BCUT2D eigenvalue weighted by Crippen LogP contribution is -2.27. The Hall–Kier alpha value is -0.900. The zero-order valence-corrected chi connectivity index (χ0v) is 10.4. The molecular weight excluding hydrogens is 206 g/mol. The van der Waals surface area contributed by atoms with Crippen LogP contribution in [0.5, 0.6) is 0 Å². The number of allylic oxidation sites excluding steroid dienone is 2. The Labute approximate surface area is 96.8 Å². The fourth-order valence-corrected chi connectivity index (χ4v) is 1.91. The maximum Gasteiger partial charge on any atom is 0.184 e. The molecule has 0 spiro atoms. The number of thiocarbonyl (C=S) groups is 1. The molecule has 1 fully saturated rings. The van der Waals surface area contributed by atoms with Crippen LogP contribution in [-0.2, 0) is 0 Å². The van der Waals surface area contributed by atoms with Gasteiger partial charge in [0.2, 0.25) is 0 Å². The van der Waals surface area contributed by atoms with Crippen molar-refractivity contribution in [2.45, 2.75) is 40.0 Å². The van der Waals surface area contributed by atoms with Gasteiger partial charge in [0.1, 0.15) is 0 Å². The van der Waals surface area contributed by atoms with Crippen LogP contribution < -0.4 is 11.2 Å². The van der Waals surface area contributed by atoms with Gasteiger partial charge in [-0.1, -0.05) is 12.5 Å². The fraction of sp³-hybridized carbons (Fsp3) is 0.636. The quantitative estimate of drug-likeness (QED) is 0.532. The van der Waals surface area contributed by atoms with E-state index in [1.165, 1.54) is 17.6 Å². The molecule has 0 bridgehead atoms. The van der Waals surface area contributed by atoms with E-state index < -0.39 is 0 Å². The van der Waals surface area contributed by atoms with E-state index in [9.17, 15) is 0 Å². The summed E-state index contributed by atoms with van der Waals surface area (Å²) in [6.07, 6.45) is 3.37. The van der Waals surface area contributed by atoms with E-state index in [-0.39, 0.29) is 5.11 Å². The first-order chi connectivity index (χ1) is 7.00. The second kappa shape index (κ2) is 5.26. The third kappa shape index (κ3) is 3.63. The van der Waals surface area contributed by atoms with Gasteiger partial charge in [-0.15, -0.1) is 0 Å². The summed E-state index contributed by atoms with van der Waals surface area (Å²) in [6, 6.07) is 0. The molecule has 1 rings (SSSR count). The Balaban J connectivity index is 2.84. The summed E-state index contributed by atoms with van der Waals surface area (Å²) in [7, 11) is 0. The largest absolute Gasteiger partial charge is 0.375 e. The summed E-state index contributed by atoms with van der Waals surface area (Å²) in [4.78, 5) is 0. The highest BCUT2D eigenvalue weighted by atomic mass is 32.1. The van der Waals surface area contributed by atoms with Crippen LogP contribution in [0.25, 0.3) is 0 Å². The van der Waals surface area contributed by atoms with Crippen molar-refractivity contribution in [2.75, 3.05) is 0 Å². The fourth-order valence-electron chi connectivity index (χ4n) is 1.86. The molecule has 0 aliphatic heterocycles. The minimum absolute atomic E-state index is 0.230. The average molecular weight is 225 g/mol. The monoisotopic (exact) mass is 225 g/mol. The predicted molar refractivity (Wildman–Crippen MR) is 68.7 cm³/mol. The number of rotatable bonds is 1. The lowest BCUT2D eigenvalue weighted by atomic mass is 9.84.